The summed E-state index contributed by atoms with van der Waals surface area (Å²) in [5, 5.41) is -0.0402. The Bertz CT molecular complexity index is 752. The first kappa shape index (κ1) is 15.3. The zero-order valence-electron chi connectivity index (χ0n) is 11.2. The molecule has 0 aliphatic heterocycles. The summed E-state index contributed by atoms with van der Waals surface area (Å²) in [6, 6.07) is 4.21. The van der Waals surface area contributed by atoms with Crippen LogP contribution < -0.4 is 14.2 Å². The van der Waals surface area contributed by atoms with Crippen LogP contribution in [0.5, 0.6) is 11.5 Å². The molecular formula is C12H12ClN3O4S. The average Bonchev–Trinajstić information content (AvgIpc) is 2.48. The highest BCUT2D eigenvalue weighted by molar-refractivity contribution is 7.92. The Morgan fingerprint density at radius 3 is 2.38 bits per heavy atom. The van der Waals surface area contributed by atoms with Crippen LogP contribution in [0.4, 0.5) is 5.82 Å². The van der Waals surface area contributed by atoms with Crippen molar-refractivity contribution < 1.29 is 17.9 Å². The molecule has 0 fully saturated rings. The van der Waals surface area contributed by atoms with Gasteiger partial charge in [0.25, 0.3) is 10.0 Å². The number of aromatic nitrogens is 2. The van der Waals surface area contributed by atoms with E-state index in [9.17, 15) is 8.42 Å². The van der Waals surface area contributed by atoms with E-state index in [0.717, 1.165) is 0 Å². The Labute approximate surface area is 126 Å². The Hall–Kier alpha value is -2.06. The number of benzene rings is 1. The predicted molar refractivity (Wildman–Crippen MR) is 77.4 cm³/mol. The molecule has 0 aliphatic carbocycles. The smallest absolute Gasteiger partial charge is 0.263 e. The van der Waals surface area contributed by atoms with Crippen LogP contribution in [-0.4, -0.2) is 32.6 Å². The number of hydrogen-bond donors (Lipinski definition) is 1. The van der Waals surface area contributed by atoms with Gasteiger partial charge >= 0.3 is 0 Å². The van der Waals surface area contributed by atoms with E-state index in [1.54, 1.807) is 0 Å². The Balaban J connectivity index is 2.38. The van der Waals surface area contributed by atoms with Crippen molar-refractivity contribution in [3.05, 3.63) is 35.7 Å². The third-order valence-corrected chi connectivity index (χ3v) is 4.16. The van der Waals surface area contributed by atoms with Crippen molar-refractivity contribution in [2.75, 3.05) is 18.9 Å². The SMILES string of the molecule is COc1ccc(S(=O)(=O)Nc2nccnc2Cl)cc1OC. The van der Waals surface area contributed by atoms with Gasteiger partial charge in [-0.3, -0.25) is 4.72 Å². The molecule has 0 radical (unpaired) electrons. The second-order valence-electron chi connectivity index (χ2n) is 3.82. The number of halogens is 1. The van der Waals surface area contributed by atoms with Gasteiger partial charge in [0.15, 0.2) is 22.5 Å². The molecule has 0 unspecified atom stereocenters. The molecule has 0 bridgehead atoms. The standard InChI is InChI=1S/C12H12ClN3O4S/c1-19-9-4-3-8(7-10(9)20-2)21(17,18)16-12-11(13)14-5-6-15-12/h3-7H,1-2H3,(H,15,16). The molecule has 1 heterocycles. The van der Waals surface area contributed by atoms with Crippen LogP contribution >= 0.6 is 11.6 Å². The fourth-order valence-electron chi connectivity index (χ4n) is 1.56. The number of nitrogens with one attached hydrogen (secondary N) is 1. The number of hydrogen-bond acceptors (Lipinski definition) is 6. The summed E-state index contributed by atoms with van der Waals surface area (Å²) >= 11 is 5.78. The van der Waals surface area contributed by atoms with Gasteiger partial charge in [0.05, 0.1) is 19.1 Å². The lowest BCUT2D eigenvalue weighted by molar-refractivity contribution is 0.354. The lowest BCUT2D eigenvalue weighted by Crippen LogP contribution is -2.14. The van der Waals surface area contributed by atoms with Crippen molar-refractivity contribution in [1.82, 2.24) is 9.97 Å². The summed E-state index contributed by atoms with van der Waals surface area (Å²) in [6.07, 6.45) is 2.69. The maximum Gasteiger partial charge on any atom is 0.263 e. The second kappa shape index (κ2) is 6.15. The van der Waals surface area contributed by atoms with E-state index in [2.05, 4.69) is 14.7 Å². The summed E-state index contributed by atoms with van der Waals surface area (Å²) in [4.78, 5) is 7.56. The normalized spacial score (nSPS) is 11.0. The van der Waals surface area contributed by atoms with Gasteiger partial charge in [-0.15, -0.1) is 0 Å². The number of ether oxygens (including phenoxy) is 2. The van der Waals surface area contributed by atoms with Crippen LogP contribution in [0.1, 0.15) is 0 Å². The zero-order valence-corrected chi connectivity index (χ0v) is 12.8. The van der Waals surface area contributed by atoms with Gasteiger partial charge < -0.3 is 9.47 Å². The van der Waals surface area contributed by atoms with Crippen LogP contribution in [0.2, 0.25) is 5.15 Å². The average molecular weight is 330 g/mol. The molecule has 7 nitrogen and oxygen atoms in total. The molecule has 21 heavy (non-hydrogen) atoms. The highest BCUT2D eigenvalue weighted by Crippen LogP contribution is 2.30. The lowest BCUT2D eigenvalue weighted by Gasteiger charge is -2.11. The summed E-state index contributed by atoms with van der Waals surface area (Å²) in [6.45, 7) is 0. The lowest BCUT2D eigenvalue weighted by atomic mass is 10.3. The minimum atomic E-state index is -3.87. The van der Waals surface area contributed by atoms with E-state index >= 15 is 0 Å². The van der Waals surface area contributed by atoms with Gasteiger partial charge in [0.2, 0.25) is 0 Å². The number of rotatable bonds is 5. The second-order valence-corrected chi connectivity index (χ2v) is 5.86. The molecule has 2 rings (SSSR count). The first-order chi connectivity index (χ1) is 9.97. The first-order valence-corrected chi connectivity index (χ1v) is 7.55. The van der Waals surface area contributed by atoms with Crippen molar-refractivity contribution in [2.24, 2.45) is 0 Å². The van der Waals surface area contributed by atoms with E-state index in [4.69, 9.17) is 21.1 Å². The maximum absolute atomic E-state index is 12.3. The van der Waals surface area contributed by atoms with Crippen LogP contribution in [-0.2, 0) is 10.0 Å². The van der Waals surface area contributed by atoms with Gasteiger partial charge in [-0.05, 0) is 12.1 Å². The quantitative estimate of drug-likeness (QED) is 0.901. The van der Waals surface area contributed by atoms with Crippen molar-refractivity contribution >= 4 is 27.4 Å². The van der Waals surface area contributed by atoms with Gasteiger partial charge in [-0.25, -0.2) is 18.4 Å². The van der Waals surface area contributed by atoms with Crippen LogP contribution in [0.15, 0.2) is 35.5 Å². The molecule has 0 aliphatic rings. The molecule has 1 N–H and O–H groups in total. The predicted octanol–water partition coefficient (Wildman–Crippen LogP) is 1.95. The highest BCUT2D eigenvalue weighted by Gasteiger charge is 2.19. The summed E-state index contributed by atoms with van der Waals surface area (Å²) in [7, 11) is -0.986. The number of anilines is 1. The minimum Gasteiger partial charge on any atom is -0.493 e. The van der Waals surface area contributed by atoms with Crippen molar-refractivity contribution in [3.63, 3.8) is 0 Å². The molecular weight excluding hydrogens is 318 g/mol. The van der Waals surface area contributed by atoms with E-state index in [1.807, 2.05) is 0 Å². The van der Waals surface area contributed by atoms with Gasteiger partial charge in [-0.1, -0.05) is 11.6 Å². The van der Waals surface area contributed by atoms with E-state index < -0.39 is 10.0 Å². The van der Waals surface area contributed by atoms with E-state index in [0.29, 0.717) is 11.5 Å². The number of nitrogens with zero attached hydrogens (tertiary/aromatic N) is 2. The van der Waals surface area contributed by atoms with Gasteiger partial charge in [0, 0.05) is 18.5 Å². The fourth-order valence-corrected chi connectivity index (χ4v) is 2.80. The molecule has 0 amide bonds. The van der Waals surface area contributed by atoms with Crippen LogP contribution in [0.25, 0.3) is 0 Å². The Morgan fingerprint density at radius 1 is 1.10 bits per heavy atom. The summed E-state index contributed by atoms with van der Waals surface area (Å²) in [5.74, 6) is 0.675. The van der Waals surface area contributed by atoms with Gasteiger partial charge in [-0.2, -0.15) is 0 Å². The van der Waals surface area contributed by atoms with Crippen molar-refractivity contribution in [1.29, 1.82) is 0 Å². The molecule has 2 aromatic rings. The third kappa shape index (κ3) is 3.34. The molecule has 1 aromatic carbocycles. The molecule has 9 heteroatoms. The van der Waals surface area contributed by atoms with Crippen LogP contribution in [0.3, 0.4) is 0 Å². The van der Waals surface area contributed by atoms with Gasteiger partial charge in [0.1, 0.15) is 0 Å². The largest absolute Gasteiger partial charge is 0.493 e. The Morgan fingerprint density at radius 2 is 1.76 bits per heavy atom. The molecule has 0 atom stereocenters. The zero-order chi connectivity index (χ0) is 15.5. The third-order valence-electron chi connectivity index (χ3n) is 2.55. The Kier molecular flexibility index (Phi) is 4.49. The molecule has 0 spiro atoms. The summed E-state index contributed by atoms with van der Waals surface area (Å²) in [5.41, 5.74) is 0. The first-order valence-electron chi connectivity index (χ1n) is 5.69. The topological polar surface area (TPSA) is 90.4 Å². The van der Waals surface area contributed by atoms with Crippen molar-refractivity contribution in [2.45, 2.75) is 4.90 Å². The minimum absolute atomic E-state index is 0.0122. The molecule has 0 saturated carbocycles. The monoisotopic (exact) mass is 329 g/mol. The van der Waals surface area contributed by atoms with Crippen LogP contribution in [0, 0.1) is 0 Å². The number of sulfonamides is 1. The van der Waals surface area contributed by atoms with E-state index in [1.165, 1.54) is 44.8 Å². The van der Waals surface area contributed by atoms with Crippen molar-refractivity contribution in [3.8, 4) is 11.5 Å². The van der Waals surface area contributed by atoms with E-state index in [-0.39, 0.29) is 15.9 Å². The number of methoxy groups -OCH3 is 2. The highest BCUT2D eigenvalue weighted by atomic mass is 35.5. The molecule has 112 valence electrons. The summed E-state index contributed by atoms with van der Waals surface area (Å²) < 4.78 is 37.0. The molecule has 0 saturated heterocycles. The fraction of sp³-hybridized carbons (Fsp3) is 0.167. The maximum atomic E-state index is 12.3. The molecule has 1 aromatic heterocycles.